The van der Waals surface area contributed by atoms with E-state index in [2.05, 4.69) is 43.5 Å². The number of nitrogens with one attached hydrogen (secondary N) is 5. The molecule has 0 saturated heterocycles. The summed E-state index contributed by atoms with van der Waals surface area (Å²) in [4.78, 5) is 71.2. The molecular formula is C25H31N7O7S. The van der Waals surface area contributed by atoms with Gasteiger partial charge in [-0.1, -0.05) is 18.2 Å². The van der Waals surface area contributed by atoms with Gasteiger partial charge in [0, 0.05) is 54.0 Å². The van der Waals surface area contributed by atoms with Crippen LogP contribution in [0.25, 0.3) is 10.9 Å². The number of para-hydroxylation sites is 1. The summed E-state index contributed by atoms with van der Waals surface area (Å²) < 4.78 is 0. The maximum Gasteiger partial charge on any atom is 0.326 e. The second-order valence-corrected chi connectivity index (χ2v) is 9.45. The lowest BCUT2D eigenvalue weighted by Crippen LogP contribution is -2.58. The molecule has 0 aliphatic carbocycles. The molecule has 3 aromatic rings. The molecule has 15 heteroatoms. The lowest BCUT2D eigenvalue weighted by atomic mass is 10.0. The van der Waals surface area contributed by atoms with Gasteiger partial charge in [-0.15, -0.1) is 0 Å². The molecule has 2 heterocycles. The number of carboxylic acid groups (broad SMARTS) is 2. The molecule has 0 saturated carbocycles. The molecule has 0 radical (unpaired) electrons. The highest BCUT2D eigenvalue weighted by atomic mass is 32.1. The molecule has 3 amide bonds. The Hall–Kier alpha value is -4.37. The number of nitrogens with zero attached hydrogens (tertiary/aromatic N) is 1. The van der Waals surface area contributed by atoms with E-state index in [1.165, 1.54) is 12.5 Å². The van der Waals surface area contributed by atoms with E-state index in [4.69, 9.17) is 10.8 Å². The first kappa shape index (κ1) is 30.2. The molecule has 0 bridgehead atoms. The van der Waals surface area contributed by atoms with Gasteiger partial charge in [0.1, 0.15) is 18.1 Å². The van der Waals surface area contributed by atoms with Crippen LogP contribution in [0.1, 0.15) is 24.1 Å². The van der Waals surface area contributed by atoms with Gasteiger partial charge in [0.05, 0.1) is 12.4 Å². The van der Waals surface area contributed by atoms with Crippen LogP contribution in [-0.4, -0.2) is 84.7 Å². The molecule has 4 atom stereocenters. The monoisotopic (exact) mass is 573 g/mol. The minimum Gasteiger partial charge on any atom is -0.481 e. The quantitative estimate of drug-likeness (QED) is 0.105. The number of nitrogens with two attached hydrogens (primary N) is 1. The van der Waals surface area contributed by atoms with Crippen LogP contribution in [-0.2, 0) is 36.8 Å². The SMILES string of the molecule is NC(CCC(=O)O)C(=O)NC(Cc1cnc[nH]1)C(=O)NC(CS)C(=O)NC(Cc1c[nH]c2ccccc12)C(=O)O. The number of amides is 3. The van der Waals surface area contributed by atoms with Crippen molar-refractivity contribution in [1.82, 2.24) is 30.9 Å². The molecule has 4 unspecified atom stereocenters. The molecule has 3 rings (SSSR count). The number of aliphatic carboxylic acids is 2. The Bertz CT molecular complexity index is 1340. The summed E-state index contributed by atoms with van der Waals surface area (Å²) in [6, 6.07) is 2.42. The van der Waals surface area contributed by atoms with Crippen LogP contribution in [0.3, 0.4) is 0 Å². The lowest BCUT2D eigenvalue weighted by molar-refractivity contribution is -0.142. The van der Waals surface area contributed by atoms with E-state index in [0.29, 0.717) is 11.3 Å². The van der Waals surface area contributed by atoms with Crippen LogP contribution in [0.2, 0.25) is 0 Å². The number of thiol groups is 1. The number of aromatic nitrogens is 3. The van der Waals surface area contributed by atoms with Crippen molar-refractivity contribution in [3.63, 3.8) is 0 Å². The smallest absolute Gasteiger partial charge is 0.326 e. The Morgan fingerprint density at radius 1 is 0.925 bits per heavy atom. The van der Waals surface area contributed by atoms with E-state index in [0.717, 1.165) is 10.9 Å². The van der Waals surface area contributed by atoms with E-state index in [1.807, 2.05) is 24.3 Å². The number of carboxylic acids is 2. The maximum atomic E-state index is 13.2. The molecule has 0 spiro atoms. The molecule has 14 nitrogen and oxygen atoms in total. The molecule has 40 heavy (non-hydrogen) atoms. The van der Waals surface area contributed by atoms with Gasteiger partial charge in [0.15, 0.2) is 0 Å². The average Bonchev–Trinajstić information content (AvgIpc) is 3.59. The van der Waals surface area contributed by atoms with E-state index in [-0.39, 0.29) is 31.4 Å². The average molecular weight is 574 g/mol. The zero-order chi connectivity index (χ0) is 29.2. The molecule has 1 aromatic carbocycles. The van der Waals surface area contributed by atoms with Crippen LogP contribution in [0.5, 0.6) is 0 Å². The van der Waals surface area contributed by atoms with Crippen molar-refractivity contribution in [1.29, 1.82) is 0 Å². The second-order valence-electron chi connectivity index (χ2n) is 9.09. The van der Waals surface area contributed by atoms with Crippen LogP contribution in [0, 0.1) is 0 Å². The molecular weight excluding hydrogens is 542 g/mol. The number of hydrogen-bond donors (Lipinski definition) is 9. The van der Waals surface area contributed by atoms with Crippen LogP contribution < -0.4 is 21.7 Å². The van der Waals surface area contributed by atoms with Crippen LogP contribution >= 0.6 is 12.6 Å². The molecule has 0 fully saturated rings. The fraction of sp³-hybridized carbons (Fsp3) is 0.360. The summed E-state index contributed by atoms with van der Waals surface area (Å²) >= 11 is 4.14. The Morgan fingerprint density at radius 3 is 2.25 bits per heavy atom. The Kier molecular flexibility index (Phi) is 10.7. The van der Waals surface area contributed by atoms with E-state index < -0.39 is 53.8 Å². The highest BCUT2D eigenvalue weighted by Crippen LogP contribution is 2.19. The molecule has 0 aliphatic rings. The van der Waals surface area contributed by atoms with Gasteiger partial charge in [-0.05, 0) is 18.1 Å². The molecule has 214 valence electrons. The van der Waals surface area contributed by atoms with Gasteiger partial charge in [-0.2, -0.15) is 12.6 Å². The largest absolute Gasteiger partial charge is 0.481 e. The number of carbonyl (C=O) groups excluding carboxylic acids is 3. The van der Waals surface area contributed by atoms with Crippen LogP contribution in [0.4, 0.5) is 0 Å². The third-order valence-electron chi connectivity index (χ3n) is 6.15. The summed E-state index contributed by atoms with van der Waals surface area (Å²) in [5.74, 6) is -4.84. The van der Waals surface area contributed by atoms with Crippen molar-refractivity contribution in [3.8, 4) is 0 Å². The summed E-state index contributed by atoms with van der Waals surface area (Å²) in [6.45, 7) is 0. The van der Waals surface area contributed by atoms with Gasteiger partial charge >= 0.3 is 11.9 Å². The summed E-state index contributed by atoms with van der Waals surface area (Å²) in [7, 11) is 0. The molecule has 9 N–H and O–H groups in total. The highest BCUT2D eigenvalue weighted by molar-refractivity contribution is 7.80. The zero-order valence-corrected chi connectivity index (χ0v) is 22.2. The van der Waals surface area contributed by atoms with Crippen molar-refractivity contribution in [2.24, 2.45) is 5.73 Å². The van der Waals surface area contributed by atoms with Crippen molar-refractivity contribution in [3.05, 3.63) is 54.2 Å². The van der Waals surface area contributed by atoms with Gasteiger partial charge < -0.3 is 41.9 Å². The Labute approximate surface area is 233 Å². The van der Waals surface area contributed by atoms with E-state index in [9.17, 15) is 29.1 Å². The molecule has 0 aliphatic heterocycles. The minimum atomic E-state index is -1.29. The predicted molar refractivity (Wildman–Crippen MR) is 146 cm³/mol. The van der Waals surface area contributed by atoms with Crippen LogP contribution in [0.15, 0.2) is 43.0 Å². The van der Waals surface area contributed by atoms with Crippen molar-refractivity contribution in [2.75, 3.05) is 5.75 Å². The predicted octanol–water partition coefficient (Wildman–Crippen LogP) is -0.663. The number of hydrogen-bond acceptors (Lipinski definition) is 8. The maximum absolute atomic E-state index is 13.2. The summed E-state index contributed by atoms with van der Waals surface area (Å²) in [6.07, 6.45) is 3.98. The number of carbonyl (C=O) groups is 5. The summed E-state index contributed by atoms with van der Waals surface area (Å²) in [5, 5.41) is 26.8. The van der Waals surface area contributed by atoms with E-state index >= 15 is 0 Å². The normalized spacial score (nSPS) is 14.1. The minimum absolute atomic E-state index is 0.00887. The standard InChI is InChI=1S/C25H31N7O7S/c26-16(5-6-21(33)34)22(35)30-18(8-14-10-27-12-29-14)23(36)32-20(11-40)24(37)31-19(25(38)39)7-13-9-28-17-4-2-1-3-15(13)17/h1-4,9-10,12,16,18-20,28,40H,5-8,11,26H2,(H,27,29)(H,30,35)(H,31,37)(H,32,36)(H,33,34)(H,38,39). The topological polar surface area (TPSA) is 232 Å². The summed E-state index contributed by atoms with van der Waals surface area (Å²) in [5.41, 5.74) is 7.78. The van der Waals surface area contributed by atoms with Gasteiger partial charge in [-0.3, -0.25) is 19.2 Å². The highest BCUT2D eigenvalue weighted by Gasteiger charge is 2.30. The first-order valence-corrected chi connectivity index (χ1v) is 13.0. The number of fused-ring (bicyclic) bond motifs is 1. The molecule has 2 aromatic heterocycles. The first-order valence-electron chi connectivity index (χ1n) is 12.3. The third-order valence-corrected chi connectivity index (χ3v) is 6.51. The number of H-pyrrole nitrogens is 2. The van der Waals surface area contributed by atoms with Crippen molar-refractivity contribution in [2.45, 2.75) is 49.9 Å². The van der Waals surface area contributed by atoms with Gasteiger partial charge in [0.2, 0.25) is 17.7 Å². The van der Waals surface area contributed by atoms with Gasteiger partial charge in [-0.25, -0.2) is 9.78 Å². The lowest BCUT2D eigenvalue weighted by Gasteiger charge is -2.24. The van der Waals surface area contributed by atoms with Crippen molar-refractivity contribution >= 4 is 53.2 Å². The number of benzene rings is 1. The fourth-order valence-electron chi connectivity index (χ4n) is 3.97. The first-order chi connectivity index (χ1) is 19.1. The Balaban J connectivity index is 1.68. The second kappa shape index (κ2) is 14.1. The fourth-order valence-corrected chi connectivity index (χ4v) is 4.23. The number of rotatable bonds is 15. The Morgan fingerprint density at radius 2 is 1.60 bits per heavy atom. The van der Waals surface area contributed by atoms with Gasteiger partial charge in [0.25, 0.3) is 0 Å². The third kappa shape index (κ3) is 8.31. The number of imidazole rings is 1. The van der Waals surface area contributed by atoms with E-state index in [1.54, 1.807) is 6.20 Å². The zero-order valence-electron chi connectivity index (χ0n) is 21.3. The van der Waals surface area contributed by atoms with Crippen molar-refractivity contribution < 1.29 is 34.2 Å². The number of aromatic amines is 2.